The summed E-state index contributed by atoms with van der Waals surface area (Å²) in [5.74, 6) is -0.00444. The maximum atomic E-state index is 12.1. The van der Waals surface area contributed by atoms with E-state index in [0.29, 0.717) is 17.9 Å². The number of nitrogens with one attached hydrogen (secondary N) is 1. The van der Waals surface area contributed by atoms with E-state index in [0.717, 1.165) is 22.0 Å². The molecule has 0 bridgehead atoms. The fourth-order valence-corrected chi connectivity index (χ4v) is 2.67. The van der Waals surface area contributed by atoms with Gasteiger partial charge in [0.25, 0.3) is 0 Å². The third-order valence-electron chi connectivity index (χ3n) is 3.61. The molecule has 3 aromatic carbocycles. The van der Waals surface area contributed by atoms with Gasteiger partial charge in [-0.2, -0.15) is 0 Å². The highest BCUT2D eigenvalue weighted by molar-refractivity contribution is 6.31. The maximum Gasteiger partial charge on any atom is 0.224 e. The fraction of sp³-hybridized carbons (Fsp3) is 0.105. The van der Waals surface area contributed by atoms with E-state index < -0.39 is 0 Å². The van der Waals surface area contributed by atoms with Crippen molar-refractivity contribution in [2.75, 3.05) is 5.32 Å². The van der Waals surface area contributed by atoms with Gasteiger partial charge in [-0.1, -0.05) is 60.1 Å². The molecule has 0 aromatic heterocycles. The zero-order chi connectivity index (χ0) is 15.4. The van der Waals surface area contributed by atoms with Gasteiger partial charge in [-0.3, -0.25) is 4.79 Å². The lowest BCUT2D eigenvalue weighted by Crippen LogP contribution is -2.12. The minimum Gasteiger partial charge on any atom is -0.326 e. The summed E-state index contributed by atoms with van der Waals surface area (Å²) in [6.45, 7) is 0. The van der Waals surface area contributed by atoms with Gasteiger partial charge >= 0.3 is 0 Å². The minimum atomic E-state index is -0.00444. The van der Waals surface area contributed by atoms with Crippen molar-refractivity contribution in [2.24, 2.45) is 0 Å². The summed E-state index contributed by atoms with van der Waals surface area (Å²) in [6.07, 6.45) is 1.05. The highest BCUT2D eigenvalue weighted by atomic mass is 35.5. The standard InChI is InChI=1S/C19H16ClNO/c20-18-8-4-3-6-15(18)10-12-19(22)21-17-11-9-14-5-1-2-7-16(14)13-17/h1-9,11,13H,10,12H2,(H,21,22). The highest BCUT2D eigenvalue weighted by Gasteiger charge is 2.06. The Morgan fingerprint density at radius 2 is 1.64 bits per heavy atom. The van der Waals surface area contributed by atoms with Crippen molar-refractivity contribution in [3.05, 3.63) is 77.3 Å². The number of amides is 1. The van der Waals surface area contributed by atoms with Crippen molar-refractivity contribution in [2.45, 2.75) is 12.8 Å². The molecule has 0 aliphatic rings. The molecule has 3 aromatic rings. The fourth-order valence-electron chi connectivity index (χ4n) is 2.44. The van der Waals surface area contributed by atoms with Crippen molar-refractivity contribution in [3.8, 4) is 0 Å². The van der Waals surface area contributed by atoms with Crippen molar-refractivity contribution in [1.29, 1.82) is 0 Å². The van der Waals surface area contributed by atoms with Gasteiger partial charge < -0.3 is 5.32 Å². The lowest BCUT2D eigenvalue weighted by molar-refractivity contribution is -0.116. The van der Waals surface area contributed by atoms with Crippen LogP contribution in [-0.4, -0.2) is 5.91 Å². The molecule has 22 heavy (non-hydrogen) atoms. The van der Waals surface area contributed by atoms with Crippen LogP contribution in [0.3, 0.4) is 0 Å². The van der Waals surface area contributed by atoms with Crippen molar-refractivity contribution >= 4 is 34.0 Å². The van der Waals surface area contributed by atoms with E-state index in [9.17, 15) is 4.79 Å². The van der Waals surface area contributed by atoms with E-state index >= 15 is 0 Å². The highest BCUT2D eigenvalue weighted by Crippen LogP contribution is 2.20. The molecule has 1 N–H and O–H groups in total. The van der Waals surface area contributed by atoms with Gasteiger partial charge in [-0.05, 0) is 41.0 Å². The number of benzene rings is 3. The first-order valence-electron chi connectivity index (χ1n) is 7.24. The van der Waals surface area contributed by atoms with Gasteiger partial charge in [-0.25, -0.2) is 0 Å². The first-order valence-corrected chi connectivity index (χ1v) is 7.62. The summed E-state index contributed by atoms with van der Waals surface area (Å²) in [4.78, 5) is 12.1. The Kier molecular flexibility index (Phi) is 4.40. The Labute approximate surface area is 134 Å². The van der Waals surface area contributed by atoms with Crippen LogP contribution in [0.1, 0.15) is 12.0 Å². The maximum absolute atomic E-state index is 12.1. The lowest BCUT2D eigenvalue weighted by Gasteiger charge is -2.07. The van der Waals surface area contributed by atoms with Gasteiger partial charge in [0, 0.05) is 17.1 Å². The van der Waals surface area contributed by atoms with E-state index in [2.05, 4.69) is 11.4 Å². The third kappa shape index (κ3) is 3.46. The number of aryl methyl sites for hydroxylation is 1. The largest absolute Gasteiger partial charge is 0.326 e. The van der Waals surface area contributed by atoms with Crippen LogP contribution in [0.15, 0.2) is 66.7 Å². The van der Waals surface area contributed by atoms with E-state index in [1.54, 1.807) is 0 Å². The molecule has 3 rings (SSSR count). The molecule has 0 radical (unpaired) electrons. The smallest absolute Gasteiger partial charge is 0.224 e. The molecule has 0 saturated heterocycles. The van der Waals surface area contributed by atoms with E-state index in [4.69, 9.17) is 11.6 Å². The summed E-state index contributed by atoms with van der Waals surface area (Å²) in [7, 11) is 0. The lowest BCUT2D eigenvalue weighted by atomic mass is 10.1. The Hall–Kier alpha value is -2.32. The van der Waals surface area contributed by atoms with Gasteiger partial charge in [0.2, 0.25) is 5.91 Å². The van der Waals surface area contributed by atoms with Crippen LogP contribution in [0, 0.1) is 0 Å². The van der Waals surface area contributed by atoms with Gasteiger partial charge in [0.05, 0.1) is 0 Å². The van der Waals surface area contributed by atoms with E-state index in [1.807, 2.05) is 60.7 Å². The Morgan fingerprint density at radius 3 is 2.45 bits per heavy atom. The Morgan fingerprint density at radius 1 is 0.909 bits per heavy atom. The summed E-state index contributed by atoms with van der Waals surface area (Å²) >= 11 is 6.10. The summed E-state index contributed by atoms with van der Waals surface area (Å²) < 4.78 is 0. The van der Waals surface area contributed by atoms with Gasteiger partial charge in [0.15, 0.2) is 0 Å². The number of rotatable bonds is 4. The number of hydrogen-bond acceptors (Lipinski definition) is 1. The zero-order valence-electron chi connectivity index (χ0n) is 12.1. The second-order valence-corrected chi connectivity index (χ2v) is 5.61. The normalized spacial score (nSPS) is 10.6. The molecular weight excluding hydrogens is 294 g/mol. The molecule has 0 spiro atoms. The van der Waals surface area contributed by atoms with Crippen molar-refractivity contribution in [1.82, 2.24) is 0 Å². The molecule has 1 amide bonds. The number of halogens is 1. The van der Waals surface area contributed by atoms with Gasteiger partial charge in [-0.15, -0.1) is 0 Å². The van der Waals surface area contributed by atoms with Crippen LogP contribution in [0.2, 0.25) is 5.02 Å². The SMILES string of the molecule is O=C(CCc1ccccc1Cl)Nc1ccc2ccccc2c1. The van der Waals surface area contributed by atoms with E-state index in [1.165, 1.54) is 0 Å². The number of anilines is 1. The molecule has 0 heterocycles. The summed E-state index contributed by atoms with van der Waals surface area (Å²) in [5.41, 5.74) is 1.82. The third-order valence-corrected chi connectivity index (χ3v) is 3.98. The topological polar surface area (TPSA) is 29.1 Å². The molecule has 0 aliphatic heterocycles. The summed E-state index contributed by atoms with van der Waals surface area (Å²) in [5, 5.41) is 5.93. The van der Waals surface area contributed by atoms with Gasteiger partial charge in [0.1, 0.15) is 0 Å². The van der Waals surface area contributed by atoms with Crippen LogP contribution in [0.25, 0.3) is 10.8 Å². The van der Waals surface area contributed by atoms with Crippen LogP contribution < -0.4 is 5.32 Å². The Bertz CT molecular complexity index is 813. The number of carbonyl (C=O) groups excluding carboxylic acids is 1. The predicted molar refractivity (Wildman–Crippen MR) is 92.4 cm³/mol. The molecule has 110 valence electrons. The number of fused-ring (bicyclic) bond motifs is 1. The second-order valence-electron chi connectivity index (χ2n) is 5.20. The van der Waals surface area contributed by atoms with Crippen LogP contribution in [0.4, 0.5) is 5.69 Å². The molecule has 0 fully saturated rings. The first kappa shape index (κ1) is 14.6. The van der Waals surface area contributed by atoms with Crippen LogP contribution >= 0.6 is 11.6 Å². The van der Waals surface area contributed by atoms with Crippen molar-refractivity contribution in [3.63, 3.8) is 0 Å². The minimum absolute atomic E-state index is 0.00444. The Balaban J connectivity index is 1.64. The molecule has 0 saturated carbocycles. The van der Waals surface area contributed by atoms with E-state index in [-0.39, 0.29) is 5.91 Å². The summed E-state index contributed by atoms with van der Waals surface area (Å²) in [6, 6.07) is 21.6. The molecule has 0 unspecified atom stereocenters. The molecular formula is C19H16ClNO. The second kappa shape index (κ2) is 6.63. The first-order chi connectivity index (χ1) is 10.7. The number of hydrogen-bond donors (Lipinski definition) is 1. The van der Waals surface area contributed by atoms with Crippen molar-refractivity contribution < 1.29 is 4.79 Å². The number of carbonyl (C=O) groups is 1. The molecule has 2 nitrogen and oxygen atoms in total. The van der Waals surface area contributed by atoms with Crippen LogP contribution in [-0.2, 0) is 11.2 Å². The zero-order valence-corrected chi connectivity index (χ0v) is 12.8. The van der Waals surface area contributed by atoms with Crippen LogP contribution in [0.5, 0.6) is 0 Å². The quantitative estimate of drug-likeness (QED) is 0.716. The average molecular weight is 310 g/mol. The predicted octanol–water partition coefficient (Wildman–Crippen LogP) is 5.06. The molecule has 0 aliphatic carbocycles. The average Bonchev–Trinajstić information content (AvgIpc) is 2.54. The molecule has 0 atom stereocenters. The molecule has 3 heteroatoms. The monoisotopic (exact) mass is 309 g/mol.